The number of nitrogens with two attached hydrogens (primary N) is 1. The highest BCUT2D eigenvalue weighted by atomic mass is 32.1. The van der Waals surface area contributed by atoms with E-state index in [9.17, 15) is 0 Å². The second-order valence-electron chi connectivity index (χ2n) is 4.74. The molecule has 3 heteroatoms. The van der Waals surface area contributed by atoms with Crippen LogP contribution in [-0.4, -0.2) is 4.98 Å². The molecule has 1 fully saturated rings. The minimum Gasteiger partial charge on any atom is -0.399 e. The second-order valence-corrected chi connectivity index (χ2v) is 5.63. The maximum atomic E-state index is 5.75. The van der Waals surface area contributed by atoms with Crippen LogP contribution in [0.15, 0.2) is 29.6 Å². The van der Waals surface area contributed by atoms with Crippen molar-refractivity contribution in [3.63, 3.8) is 0 Å². The lowest BCUT2D eigenvalue weighted by atomic mass is 9.83. The number of aromatic nitrogens is 1. The summed E-state index contributed by atoms with van der Waals surface area (Å²) in [5.41, 5.74) is 8.94. The van der Waals surface area contributed by atoms with Crippen molar-refractivity contribution in [3.05, 3.63) is 45.9 Å². The van der Waals surface area contributed by atoms with Gasteiger partial charge in [0.1, 0.15) is 5.01 Å². The first-order valence-electron chi connectivity index (χ1n) is 6.30. The molecule has 1 heterocycles. The van der Waals surface area contributed by atoms with Crippen LogP contribution in [0.1, 0.15) is 41.4 Å². The molecule has 0 unspecified atom stereocenters. The third-order valence-electron chi connectivity index (χ3n) is 3.39. The van der Waals surface area contributed by atoms with Gasteiger partial charge in [-0.2, -0.15) is 0 Å². The normalized spacial score (nSPS) is 16.0. The van der Waals surface area contributed by atoms with Crippen molar-refractivity contribution in [2.24, 2.45) is 0 Å². The van der Waals surface area contributed by atoms with Gasteiger partial charge in [0, 0.05) is 17.0 Å². The Balaban J connectivity index is 1.73. The maximum Gasteiger partial charge on any atom is 0.116 e. The maximum absolute atomic E-state index is 5.75. The summed E-state index contributed by atoms with van der Waals surface area (Å²) < 4.78 is 0. The Bertz CT molecular complexity index is 567. The van der Waals surface area contributed by atoms with Gasteiger partial charge in [-0.1, -0.05) is 24.6 Å². The lowest BCUT2D eigenvalue weighted by Crippen LogP contribution is -2.08. The molecule has 2 aromatic rings. The summed E-state index contributed by atoms with van der Waals surface area (Å²) in [5, 5.41) is 3.28. The van der Waals surface area contributed by atoms with Gasteiger partial charge in [-0.05, 0) is 36.6 Å². The van der Waals surface area contributed by atoms with E-state index in [0.29, 0.717) is 0 Å². The van der Waals surface area contributed by atoms with E-state index in [-0.39, 0.29) is 0 Å². The number of thiazole rings is 1. The molecule has 2 N–H and O–H groups in total. The Morgan fingerprint density at radius 1 is 1.28 bits per heavy atom. The molecule has 92 valence electrons. The summed E-state index contributed by atoms with van der Waals surface area (Å²) in [6.07, 6.45) is 8.11. The third kappa shape index (κ3) is 2.46. The first-order chi connectivity index (χ1) is 8.81. The van der Waals surface area contributed by atoms with Crippen LogP contribution in [0.2, 0.25) is 0 Å². The fraction of sp³-hybridized carbons (Fsp3) is 0.267. The van der Waals surface area contributed by atoms with Crippen molar-refractivity contribution in [1.82, 2.24) is 4.98 Å². The summed E-state index contributed by atoms with van der Waals surface area (Å²) in [4.78, 5) is 4.67. The number of nitrogen functional groups attached to an aromatic ring is 1. The number of benzene rings is 1. The zero-order valence-corrected chi connectivity index (χ0v) is 11.0. The minimum atomic E-state index is 0.718. The van der Waals surface area contributed by atoms with Gasteiger partial charge in [0.05, 0.1) is 5.69 Å². The van der Waals surface area contributed by atoms with Crippen molar-refractivity contribution < 1.29 is 0 Å². The van der Waals surface area contributed by atoms with E-state index in [1.54, 1.807) is 11.3 Å². The van der Waals surface area contributed by atoms with Crippen LogP contribution in [0.3, 0.4) is 0 Å². The molecule has 0 spiro atoms. The van der Waals surface area contributed by atoms with E-state index in [2.05, 4.69) is 22.5 Å². The van der Waals surface area contributed by atoms with Crippen molar-refractivity contribution in [1.29, 1.82) is 0 Å². The van der Waals surface area contributed by atoms with Crippen LogP contribution in [0.25, 0.3) is 12.2 Å². The van der Waals surface area contributed by atoms with Gasteiger partial charge < -0.3 is 5.73 Å². The second kappa shape index (κ2) is 4.94. The van der Waals surface area contributed by atoms with Crippen molar-refractivity contribution in [3.8, 4) is 0 Å². The Hall–Kier alpha value is -1.61. The van der Waals surface area contributed by atoms with Gasteiger partial charge >= 0.3 is 0 Å². The standard InChI is InChI=1S/C15H16N2S/c16-13-6-1-3-11(9-13)7-8-15-17-14(10-18-15)12-4-2-5-12/h1,3,6-10,12H,2,4-5,16H2. The summed E-state index contributed by atoms with van der Waals surface area (Å²) >= 11 is 1.72. The Kier molecular flexibility index (Phi) is 3.15. The highest BCUT2D eigenvalue weighted by Crippen LogP contribution is 2.36. The fourth-order valence-corrected chi connectivity index (χ4v) is 2.89. The molecule has 1 aromatic heterocycles. The van der Waals surface area contributed by atoms with Crippen LogP contribution in [0.5, 0.6) is 0 Å². The van der Waals surface area contributed by atoms with Gasteiger partial charge in [0.25, 0.3) is 0 Å². The molecule has 0 saturated heterocycles. The number of nitrogens with zero attached hydrogens (tertiary/aromatic N) is 1. The summed E-state index contributed by atoms with van der Waals surface area (Å²) in [6, 6.07) is 7.89. The molecule has 18 heavy (non-hydrogen) atoms. The smallest absolute Gasteiger partial charge is 0.116 e. The SMILES string of the molecule is Nc1cccc(C=Cc2nc(C3CCC3)cs2)c1. The average Bonchev–Trinajstić information content (AvgIpc) is 2.73. The van der Waals surface area contributed by atoms with E-state index in [4.69, 9.17) is 5.73 Å². The first-order valence-corrected chi connectivity index (χ1v) is 7.18. The molecule has 3 rings (SSSR count). The molecular formula is C15H16N2S. The van der Waals surface area contributed by atoms with Gasteiger partial charge in [0.15, 0.2) is 0 Å². The molecule has 1 saturated carbocycles. The lowest BCUT2D eigenvalue weighted by Gasteiger charge is -2.22. The molecular weight excluding hydrogens is 240 g/mol. The molecule has 1 aliphatic carbocycles. The van der Waals surface area contributed by atoms with Gasteiger partial charge in [0.2, 0.25) is 0 Å². The number of rotatable bonds is 3. The van der Waals surface area contributed by atoms with Gasteiger partial charge in [-0.3, -0.25) is 0 Å². The van der Waals surface area contributed by atoms with Crippen LogP contribution in [-0.2, 0) is 0 Å². The van der Waals surface area contributed by atoms with Crippen molar-refractivity contribution in [2.45, 2.75) is 25.2 Å². The number of hydrogen-bond acceptors (Lipinski definition) is 3. The molecule has 0 amide bonds. The fourth-order valence-electron chi connectivity index (χ4n) is 2.10. The zero-order valence-electron chi connectivity index (χ0n) is 10.2. The quantitative estimate of drug-likeness (QED) is 0.837. The van der Waals surface area contributed by atoms with Crippen LogP contribution < -0.4 is 5.73 Å². The molecule has 0 bridgehead atoms. The molecule has 1 aliphatic rings. The van der Waals surface area contributed by atoms with E-state index in [1.807, 2.05) is 24.3 Å². The molecule has 0 atom stereocenters. The molecule has 0 aliphatic heterocycles. The Morgan fingerprint density at radius 2 is 2.17 bits per heavy atom. The highest BCUT2D eigenvalue weighted by Gasteiger charge is 2.21. The number of hydrogen-bond donors (Lipinski definition) is 1. The summed E-state index contributed by atoms with van der Waals surface area (Å²) in [5.74, 6) is 0.718. The Morgan fingerprint density at radius 3 is 2.89 bits per heavy atom. The van der Waals surface area contributed by atoms with E-state index in [0.717, 1.165) is 22.2 Å². The van der Waals surface area contributed by atoms with Crippen LogP contribution >= 0.6 is 11.3 Å². The summed E-state index contributed by atoms with van der Waals surface area (Å²) in [6.45, 7) is 0. The zero-order chi connectivity index (χ0) is 12.4. The monoisotopic (exact) mass is 256 g/mol. The van der Waals surface area contributed by atoms with E-state index >= 15 is 0 Å². The van der Waals surface area contributed by atoms with Gasteiger partial charge in [-0.15, -0.1) is 11.3 Å². The lowest BCUT2D eigenvalue weighted by molar-refractivity contribution is 0.412. The first kappa shape index (κ1) is 11.5. The van der Waals surface area contributed by atoms with Crippen LogP contribution in [0.4, 0.5) is 5.69 Å². The van der Waals surface area contributed by atoms with Gasteiger partial charge in [-0.25, -0.2) is 4.98 Å². The third-order valence-corrected chi connectivity index (χ3v) is 4.22. The molecule has 0 radical (unpaired) electrons. The van der Waals surface area contributed by atoms with Crippen LogP contribution in [0, 0.1) is 0 Å². The molecule has 2 nitrogen and oxygen atoms in total. The largest absolute Gasteiger partial charge is 0.399 e. The topological polar surface area (TPSA) is 38.9 Å². The van der Waals surface area contributed by atoms with Crippen molar-refractivity contribution in [2.75, 3.05) is 5.73 Å². The minimum absolute atomic E-state index is 0.718. The van der Waals surface area contributed by atoms with E-state index < -0.39 is 0 Å². The Labute approximate surface area is 111 Å². The number of anilines is 1. The highest BCUT2D eigenvalue weighted by molar-refractivity contribution is 7.10. The predicted octanol–water partition coefficient (Wildman–Crippen LogP) is 4.16. The van der Waals surface area contributed by atoms with Crippen molar-refractivity contribution >= 4 is 29.2 Å². The average molecular weight is 256 g/mol. The van der Waals surface area contributed by atoms with E-state index in [1.165, 1.54) is 25.0 Å². The predicted molar refractivity (Wildman–Crippen MR) is 78.5 cm³/mol. The molecule has 1 aromatic carbocycles. The summed E-state index contributed by atoms with van der Waals surface area (Å²) in [7, 11) is 0.